The van der Waals surface area contributed by atoms with Gasteiger partial charge in [0, 0.05) is 6.54 Å². The number of benzene rings is 2. The molecule has 5 nitrogen and oxygen atoms in total. The van der Waals surface area contributed by atoms with Crippen molar-refractivity contribution in [1.29, 1.82) is 0 Å². The zero-order valence-electron chi connectivity index (χ0n) is 12.9. The van der Waals surface area contributed by atoms with Crippen LogP contribution in [-0.2, 0) is 14.8 Å². The molecule has 0 radical (unpaired) electrons. The Morgan fingerprint density at radius 2 is 1.83 bits per heavy atom. The van der Waals surface area contributed by atoms with Gasteiger partial charge < -0.3 is 9.47 Å². The quantitative estimate of drug-likeness (QED) is 0.844. The molecule has 1 saturated heterocycles. The third-order valence-electron chi connectivity index (χ3n) is 3.68. The molecule has 23 heavy (non-hydrogen) atoms. The van der Waals surface area contributed by atoms with Crippen LogP contribution in [0.5, 0.6) is 5.75 Å². The van der Waals surface area contributed by atoms with Gasteiger partial charge in [-0.1, -0.05) is 30.3 Å². The van der Waals surface area contributed by atoms with Crippen LogP contribution >= 0.6 is 0 Å². The highest BCUT2D eigenvalue weighted by Gasteiger charge is 2.37. The highest BCUT2D eigenvalue weighted by molar-refractivity contribution is 7.89. The minimum atomic E-state index is -3.61. The van der Waals surface area contributed by atoms with Crippen molar-refractivity contribution in [3.63, 3.8) is 0 Å². The average molecular weight is 333 g/mol. The molecule has 1 heterocycles. The van der Waals surface area contributed by atoms with Gasteiger partial charge in [0.25, 0.3) is 0 Å². The topological polar surface area (TPSA) is 55.8 Å². The molecule has 1 aliphatic rings. The Hall–Kier alpha value is -1.89. The molecule has 3 rings (SSSR count). The second-order valence-corrected chi connectivity index (χ2v) is 7.04. The molecule has 2 aromatic carbocycles. The highest BCUT2D eigenvalue weighted by Crippen LogP contribution is 2.32. The number of nitrogens with zero attached hydrogens (tertiary/aromatic N) is 1. The highest BCUT2D eigenvalue weighted by atomic mass is 32.2. The van der Waals surface area contributed by atoms with Crippen molar-refractivity contribution in [3.8, 4) is 5.75 Å². The van der Waals surface area contributed by atoms with Gasteiger partial charge in [-0.15, -0.1) is 0 Å². The molecule has 1 atom stereocenters. The van der Waals surface area contributed by atoms with Crippen molar-refractivity contribution < 1.29 is 17.9 Å². The predicted octanol–water partition coefficient (Wildman–Crippen LogP) is 2.81. The summed E-state index contributed by atoms with van der Waals surface area (Å²) in [6.45, 7) is 3.16. The van der Waals surface area contributed by atoms with Gasteiger partial charge in [-0.2, -0.15) is 4.31 Å². The molecule has 0 aromatic heterocycles. The summed E-state index contributed by atoms with van der Waals surface area (Å²) in [6, 6.07) is 15.9. The fourth-order valence-electron chi connectivity index (χ4n) is 2.59. The number of hydrogen-bond acceptors (Lipinski definition) is 4. The van der Waals surface area contributed by atoms with Crippen LogP contribution in [0.2, 0.25) is 0 Å². The van der Waals surface area contributed by atoms with Crippen LogP contribution in [0.25, 0.3) is 0 Å². The first-order valence-electron chi connectivity index (χ1n) is 7.54. The van der Waals surface area contributed by atoms with Crippen molar-refractivity contribution in [1.82, 2.24) is 4.31 Å². The minimum absolute atomic E-state index is 0.243. The molecule has 0 bridgehead atoms. The van der Waals surface area contributed by atoms with Gasteiger partial charge in [-0.05, 0) is 36.8 Å². The zero-order valence-corrected chi connectivity index (χ0v) is 13.7. The number of hydrogen-bond donors (Lipinski definition) is 0. The number of rotatable bonds is 5. The second-order valence-electron chi connectivity index (χ2n) is 5.15. The Labute approximate surface area is 136 Å². The Kier molecular flexibility index (Phi) is 4.66. The van der Waals surface area contributed by atoms with Gasteiger partial charge in [0.2, 0.25) is 10.0 Å². The largest absolute Gasteiger partial charge is 0.494 e. The second kappa shape index (κ2) is 6.70. The van der Waals surface area contributed by atoms with Crippen LogP contribution in [0, 0.1) is 0 Å². The van der Waals surface area contributed by atoms with Gasteiger partial charge >= 0.3 is 0 Å². The maximum Gasteiger partial charge on any atom is 0.245 e. The van der Waals surface area contributed by atoms with Gasteiger partial charge in [-0.3, -0.25) is 0 Å². The Balaban J connectivity index is 1.89. The van der Waals surface area contributed by atoms with E-state index in [1.807, 2.05) is 37.3 Å². The normalized spacial score (nSPS) is 18.9. The van der Waals surface area contributed by atoms with Crippen LogP contribution in [0.1, 0.15) is 18.7 Å². The molecule has 0 N–H and O–H groups in total. The molecule has 0 spiro atoms. The third-order valence-corrected chi connectivity index (χ3v) is 5.53. The first kappa shape index (κ1) is 16.0. The molecule has 1 aliphatic heterocycles. The Bertz CT molecular complexity index is 744. The molecule has 2 aromatic rings. The van der Waals surface area contributed by atoms with E-state index in [4.69, 9.17) is 9.47 Å². The van der Waals surface area contributed by atoms with Crippen LogP contribution in [0.15, 0.2) is 59.5 Å². The predicted molar refractivity (Wildman–Crippen MR) is 86.6 cm³/mol. The lowest BCUT2D eigenvalue weighted by Crippen LogP contribution is -2.31. The molecule has 122 valence electrons. The van der Waals surface area contributed by atoms with E-state index in [-0.39, 0.29) is 4.90 Å². The molecule has 0 amide bonds. The SMILES string of the molecule is CCOc1ccc(S(=O)(=O)N2CCOC2c2ccccc2)cc1. The van der Waals surface area contributed by atoms with E-state index in [9.17, 15) is 8.42 Å². The summed E-state index contributed by atoms with van der Waals surface area (Å²) in [5.74, 6) is 0.656. The summed E-state index contributed by atoms with van der Waals surface area (Å²) in [4.78, 5) is 0.243. The fraction of sp³-hybridized carbons (Fsp3) is 0.294. The lowest BCUT2D eigenvalue weighted by Gasteiger charge is -2.23. The smallest absolute Gasteiger partial charge is 0.245 e. The van der Waals surface area contributed by atoms with Crippen molar-refractivity contribution in [2.45, 2.75) is 18.0 Å². The lowest BCUT2D eigenvalue weighted by atomic mass is 10.2. The van der Waals surface area contributed by atoms with Gasteiger partial charge in [0.05, 0.1) is 18.1 Å². The van der Waals surface area contributed by atoms with E-state index < -0.39 is 16.3 Å². The Morgan fingerprint density at radius 3 is 2.48 bits per heavy atom. The van der Waals surface area contributed by atoms with Crippen LogP contribution in [0.4, 0.5) is 0 Å². The van der Waals surface area contributed by atoms with Crippen LogP contribution in [-0.4, -0.2) is 32.5 Å². The molecule has 1 unspecified atom stereocenters. The van der Waals surface area contributed by atoms with Gasteiger partial charge in [0.15, 0.2) is 0 Å². The third kappa shape index (κ3) is 3.24. The summed E-state index contributed by atoms with van der Waals surface area (Å²) in [6.07, 6.45) is -0.576. The summed E-state index contributed by atoms with van der Waals surface area (Å²) in [7, 11) is -3.61. The summed E-state index contributed by atoms with van der Waals surface area (Å²) >= 11 is 0. The van der Waals surface area contributed by atoms with Gasteiger partial charge in [-0.25, -0.2) is 8.42 Å². The van der Waals surface area contributed by atoms with Gasteiger partial charge in [0.1, 0.15) is 12.0 Å². The fourth-order valence-corrected chi connectivity index (χ4v) is 4.09. The maximum absolute atomic E-state index is 12.9. The van der Waals surface area contributed by atoms with E-state index in [1.54, 1.807) is 24.3 Å². The minimum Gasteiger partial charge on any atom is -0.494 e. The van der Waals surface area contributed by atoms with Crippen molar-refractivity contribution in [3.05, 3.63) is 60.2 Å². The van der Waals surface area contributed by atoms with E-state index in [2.05, 4.69) is 0 Å². The molecule has 1 fully saturated rings. The van der Waals surface area contributed by atoms with E-state index in [1.165, 1.54) is 4.31 Å². The summed E-state index contributed by atoms with van der Waals surface area (Å²) in [5.41, 5.74) is 0.833. The van der Waals surface area contributed by atoms with E-state index in [0.29, 0.717) is 25.5 Å². The first-order valence-corrected chi connectivity index (χ1v) is 8.98. The van der Waals surface area contributed by atoms with E-state index in [0.717, 1.165) is 5.56 Å². The molecular formula is C17H19NO4S. The molecule has 0 saturated carbocycles. The molecular weight excluding hydrogens is 314 g/mol. The van der Waals surface area contributed by atoms with E-state index >= 15 is 0 Å². The molecule has 0 aliphatic carbocycles. The lowest BCUT2D eigenvalue weighted by molar-refractivity contribution is 0.0683. The first-order chi connectivity index (χ1) is 11.1. The van der Waals surface area contributed by atoms with Crippen LogP contribution in [0.3, 0.4) is 0 Å². The Morgan fingerprint density at radius 1 is 1.13 bits per heavy atom. The molecule has 6 heteroatoms. The van der Waals surface area contributed by atoms with Crippen LogP contribution < -0.4 is 4.74 Å². The van der Waals surface area contributed by atoms with Crippen molar-refractivity contribution in [2.24, 2.45) is 0 Å². The summed E-state index contributed by atoms with van der Waals surface area (Å²) in [5, 5.41) is 0. The maximum atomic E-state index is 12.9. The number of sulfonamides is 1. The average Bonchev–Trinajstić information content (AvgIpc) is 3.07. The summed E-state index contributed by atoms with van der Waals surface area (Å²) < 4.78 is 38.2. The standard InChI is InChI=1S/C17H19NO4S/c1-2-21-15-8-10-16(11-9-15)23(19,20)18-12-13-22-17(18)14-6-4-3-5-7-14/h3-11,17H,2,12-13H2,1H3. The van der Waals surface area contributed by atoms with Crippen molar-refractivity contribution >= 4 is 10.0 Å². The van der Waals surface area contributed by atoms with Crippen molar-refractivity contribution in [2.75, 3.05) is 19.8 Å². The number of ether oxygens (including phenoxy) is 2. The monoisotopic (exact) mass is 333 g/mol. The zero-order chi connectivity index (χ0) is 16.3.